The van der Waals surface area contributed by atoms with Crippen molar-refractivity contribution in [2.45, 2.75) is 63.5 Å². The quantitative estimate of drug-likeness (QED) is 0.102. The smallest absolute Gasteiger partial charge is 0.290 e. The molecule has 21 heteroatoms. The van der Waals surface area contributed by atoms with Crippen LogP contribution in [0.1, 0.15) is 67.1 Å². The van der Waals surface area contributed by atoms with Crippen LogP contribution in [0.5, 0.6) is 0 Å². The van der Waals surface area contributed by atoms with Crippen molar-refractivity contribution in [1.82, 2.24) is 29.5 Å². The molecule has 0 radical (unpaired) electrons. The Balaban J connectivity index is 1.59. The maximum Gasteiger partial charge on any atom is 0.290 e. The Hall–Kier alpha value is -5.75. The molecular weight excluding hydrogens is 792 g/mol. The number of sulfonamides is 1. The van der Waals surface area contributed by atoms with E-state index in [1.54, 1.807) is 0 Å². The SMILES string of the molecule is Cn1nc(NS(C)(=O)=O)c2cccc(-c3cnc(C#CC(C)(C)O)nc3C(Cc3cc(F)cc(F)c3)=NC(=O)Cn3nc(C(F)F)c4c3C(F)(F)CCC4(F)F)c21. The highest BCUT2D eigenvalue weighted by molar-refractivity contribution is 7.92. The van der Waals surface area contributed by atoms with Crippen LogP contribution in [-0.4, -0.2) is 66.5 Å². The van der Waals surface area contributed by atoms with Crippen LogP contribution in [0.2, 0.25) is 0 Å². The standard InChI is InChI=1S/C36H30F8N8O4S/c1-34(2,54)9-8-25-45-16-23(21-6-5-7-22-30(21)51(3)49-33(22)50-57(4,55)56)28(47-25)24(14-18-12-19(37)15-20(38)13-18)46-26(53)17-52-31-27(29(48-52)32(39)40)35(41,42)10-11-36(31,43)44/h5-7,12-13,15-16,32,54H,10-11,14,17H2,1-4H3,(H,49,50). The number of aliphatic imine (C=N–C) groups is 1. The van der Waals surface area contributed by atoms with Gasteiger partial charge in [0.2, 0.25) is 15.8 Å². The van der Waals surface area contributed by atoms with Crippen LogP contribution in [0.3, 0.4) is 0 Å². The lowest BCUT2D eigenvalue weighted by Crippen LogP contribution is -2.33. The molecule has 57 heavy (non-hydrogen) atoms. The molecule has 1 amide bonds. The Morgan fingerprint density at radius 1 is 1.05 bits per heavy atom. The van der Waals surface area contributed by atoms with E-state index in [1.165, 1.54) is 50.0 Å². The minimum atomic E-state index is -4.13. The summed E-state index contributed by atoms with van der Waals surface area (Å²) < 4.78 is 145. The number of amides is 1. The topological polar surface area (TPSA) is 157 Å². The molecule has 0 saturated heterocycles. The molecular formula is C36H30F8N8O4S. The summed E-state index contributed by atoms with van der Waals surface area (Å²) in [5.74, 6) is -6.96. The molecule has 1 aliphatic carbocycles. The zero-order valence-corrected chi connectivity index (χ0v) is 31.0. The van der Waals surface area contributed by atoms with Gasteiger partial charge >= 0.3 is 0 Å². The molecule has 2 aromatic carbocycles. The molecule has 5 aromatic rings. The lowest BCUT2D eigenvalue weighted by atomic mass is 9.89. The summed E-state index contributed by atoms with van der Waals surface area (Å²) in [6, 6.07) is 6.93. The molecule has 6 rings (SSSR count). The van der Waals surface area contributed by atoms with Gasteiger partial charge in [-0.25, -0.2) is 49.7 Å². The van der Waals surface area contributed by atoms with Crippen LogP contribution in [0.25, 0.3) is 22.0 Å². The van der Waals surface area contributed by atoms with Crippen LogP contribution < -0.4 is 4.72 Å². The molecule has 0 fully saturated rings. The zero-order valence-electron chi connectivity index (χ0n) is 30.2. The molecule has 0 unspecified atom stereocenters. The van der Waals surface area contributed by atoms with Gasteiger partial charge < -0.3 is 5.11 Å². The Morgan fingerprint density at radius 2 is 1.72 bits per heavy atom. The van der Waals surface area contributed by atoms with Gasteiger partial charge in [-0.2, -0.15) is 19.0 Å². The number of benzene rings is 2. The first-order valence-corrected chi connectivity index (χ1v) is 18.6. The van der Waals surface area contributed by atoms with Gasteiger partial charge in [0.1, 0.15) is 35.2 Å². The number of hydrogen-bond acceptors (Lipinski definition) is 8. The number of carbonyl (C=O) groups excluding carboxylic acids is 1. The van der Waals surface area contributed by atoms with Gasteiger partial charge in [-0.3, -0.25) is 18.9 Å². The lowest BCUT2D eigenvalue weighted by molar-refractivity contribution is -0.119. The number of carbonyl (C=O) groups is 1. The predicted octanol–water partition coefficient (Wildman–Crippen LogP) is 6.17. The average molecular weight is 823 g/mol. The molecule has 0 spiro atoms. The molecule has 300 valence electrons. The van der Waals surface area contributed by atoms with E-state index in [0.29, 0.717) is 6.07 Å². The number of alkyl halides is 6. The second-order valence-corrected chi connectivity index (χ2v) is 15.4. The number of rotatable bonds is 9. The van der Waals surface area contributed by atoms with Gasteiger partial charge in [-0.05, 0) is 43.5 Å². The summed E-state index contributed by atoms with van der Waals surface area (Å²) >= 11 is 0. The summed E-state index contributed by atoms with van der Waals surface area (Å²) in [4.78, 5) is 26.5. The van der Waals surface area contributed by atoms with Crippen molar-refractivity contribution in [3.05, 3.63) is 88.3 Å². The number of nitrogens with zero attached hydrogens (tertiary/aromatic N) is 7. The summed E-state index contributed by atoms with van der Waals surface area (Å²) in [6.45, 7) is 1.36. The molecule has 3 heterocycles. The first-order valence-electron chi connectivity index (χ1n) is 16.7. The van der Waals surface area contributed by atoms with Gasteiger partial charge in [0.05, 0.1) is 28.7 Å². The number of hydrogen-bond donors (Lipinski definition) is 2. The van der Waals surface area contributed by atoms with Crippen molar-refractivity contribution < 1.29 is 53.4 Å². The Kier molecular flexibility index (Phi) is 10.5. The van der Waals surface area contributed by atoms with E-state index < -0.39 is 99.9 Å². The van der Waals surface area contributed by atoms with Gasteiger partial charge in [-0.1, -0.05) is 18.1 Å². The van der Waals surface area contributed by atoms with E-state index in [2.05, 4.69) is 41.7 Å². The molecule has 3 aromatic heterocycles. The third-order valence-corrected chi connectivity index (χ3v) is 9.03. The van der Waals surface area contributed by atoms with Crippen molar-refractivity contribution in [3.63, 3.8) is 0 Å². The van der Waals surface area contributed by atoms with Gasteiger partial charge in [0.25, 0.3) is 24.2 Å². The number of fused-ring (bicyclic) bond motifs is 2. The number of aliphatic hydroxyl groups is 1. The molecule has 12 nitrogen and oxygen atoms in total. The summed E-state index contributed by atoms with van der Waals surface area (Å²) in [5, 5.41) is 18.1. The van der Waals surface area contributed by atoms with Crippen molar-refractivity contribution >= 4 is 38.4 Å². The molecule has 0 bridgehead atoms. The molecule has 0 aliphatic heterocycles. The van der Waals surface area contributed by atoms with Gasteiger partial charge in [0.15, 0.2) is 5.82 Å². The van der Waals surface area contributed by atoms with Gasteiger partial charge in [0, 0.05) is 55.1 Å². The van der Waals surface area contributed by atoms with E-state index in [4.69, 9.17) is 0 Å². The van der Waals surface area contributed by atoms with Crippen LogP contribution in [0, 0.1) is 23.5 Å². The number of para-hydroxylation sites is 1. The summed E-state index contributed by atoms with van der Waals surface area (Å²) in [5.41, 5.74) is -6.74. The Labute approximate surface area is 318 Å². The highest BCUT2D eigenvalue weighted by Gasteiger charge is 2.55. The maximum atomic E-state index is 15.2. The average Bonchev–Trinajstić information content (AvgIpc) is 3.63. The fraction of sp³-hybridized carbons (Fsp3) is 0.333. The van der Waals surface area contributed by atoms with Crippen molar-refractivity contribution in [1.29, 1.82) is 0 Å². The van der Waals surface area contributed by atoms with E-state index in [-0.39, 0.29) is 49.6 Å². The third-order valence-electron chi connectivity index (χ3n) is 8.47. The second-order valence-electron chi connectivity index (χ2n) is 13.7. The Bertz CT molecular complexity index is 2620. The molecule has 0 atom stereocenters. The predicted molar refractivity (Wildman–Crippen MR) is 189 cm³/mol. The Morgan fingerprint density at radius 3 is 2.35 bits per heavy atom. The van der Waals surface area contributed by atoms with E-state index in [9.17, 15) is 44.7 Å². The van der Waals surface area contributed by atoms with E-state index >= 15 is 8.78 Å². The van der Waals surface area contributed by atoms with Gasteiger partial charge in [-0.15, -0.1) is 0 Å². The highest BCUT2D eigenvalue weighted by Crippen LogP contribution is 2.52. The summed E-state index contributed by atoms with van der Waals surface area (Å²) in [7, 11) is -2.34. The third kappa shape index (κ3) is 8.81. The van der Waals surface area contributed by atoms with Crippen LogP contribution >= 0.6 is 0 Å². The number of aromatic nitrogens is 6. The lowest BCUT2D eigenvalue weighted by Gasteiger charge is -2.29. The maximum absolute atomic E-state index is 15.2. The first-order chi connectivity index (χ1) is 26.4. The van der Waals surface area contributed by atoms with Crippen molar-refractivity contribution in [3.8, 4) is 23.0 Å². The minimum Gasteiger partial charge on any atom is -0.378 e. The number of nitrogens with one attached hydrogen (secondary N) is 1. The summed E-state index contributed by atoms with van der Waals surface area (Å²) in [6.07, 6.45) is -5.09. The van der Waals surface area contributed by atoms with Crippen LogP contribution in [-0.2, 0) is 46.7 Å². The monoisotopic (exact) mass is 822 g/mol. The fourth-order valence-corrected chi connectivity index (χ4v) is 6.81. The van der Waals surface area contributed by atoms with Crippen molar-refractivity contribution in [2.24, 2.45) is 12.0 Å². The number of aryl methyl sites for hydroxylation is 1. The molecule has 0 saturated carbocycles. The normalized spacial score (nSPS) is 15.4. The van der Waals surface area contributed by atoms with Crippen LogP contribution in [0.4, 0.5) is 40.9 Å². The largest absolute Gasteiger partial charge is 0.378 e. The highest BCUT2D eigenvalue weighted by atomic mass is 32.2. The second kappa shape index (κ2) is 14.6. The number of halogens is 8. The van der Waals surface area contributed by atoms with Crippen LogP contribution in [0.15, 0.2) is 47.6 Å². The van der Waals surface area contributed by atoms with E-state index in [0.717, 1.165) is 18.4 Å². The first kappa shape index (κ1) is 40.9. The molecule has 2 N–H and O–H groups in total. The fourth-order valence-electron chi connectivity index (χ4n) is 6.31. The molecule has 1 aliphatic rings. The number of anilines is 1. The zero-order chi connectivity index (χ0) is 41.8. The van der Waals surface area contributed by atoms with Crippen molar-refractivity contribution in [2.75, 3.05) is 11.0 Å². The minimum absolute atomic E-state index is 0.0365. The van der Waals surface area contributed by atoms with E-state index in [1.807, 2.05) is 0 Å².